The lowest BCUT2D eigenvalue weighted by Gasteiger charge is -2.25. The molecule has 0 bridgehead atoms. The first-order valence-electron chi connectivity index (χ1n) is 6.98. The third-order valence-corrected chi connectivity index (χ3v) is 4.60. The highest BCUT2D eigenvalue weighted by molar-refractivity contribution is 7.16. The normalized spacial score (nSPS) is 19.2. The molecule has 1 atom stereocenters. The maximum atomic E-state index is 11.9. The number of fused-ring (bicyclic) bond motifs is 1. The first-order valence-corrected chi connectivity index (χ1v) is 7.80. The molecule has 0 spiro atoms. The number of nitrogens with one attached hydrogen (secondary N) is 1. The van der Waals surface area contributed by atoms with E-state index in [4.69, 9.17) is 0 Å². The van der Waals surface area contributed by atoms with Crippen LogP contribution in [0.1, 0.15) is 24.0 Å². The average molecular weight is 293 g/mol. The van der Waals surface area contributed by atoms with Gasteiger partial charge in [-0.15, -0.1) is 0 Å². The minimum absolute atomic E-state index is 0.0967. The Morgan fingerprint density at radius 1 is 1.60 bits per heavy atom. The summed E-state index contributed by atoms with van der Waals surface area (Å²) in [5.74, 6) is 0. The molecule has 108 valence electrons. The standard InChI is InChI=1S/C13H19N5OS/c1-3-17(10-4-5-14-7-10)8-11-16-18-12(19)6-9(2)15-13(18)20-11/h6,10,14H,3-5,7-8H2,1-2H3. The smallest absolute Gasteiger partial charge is 0.275 e. The summed E-state index contributed by atoms with van der Waals surface area (Å²) in [6, 6.07) is 2.09. The van der Waals surface area contributed by atoms with Gasteiger partial charge in [0, 0.05) is 24.3 Å². The Balaban J connectivity index is 1.86. The molecular weight excluding hydrogens is 274 g/mol. The molecular formula is C13H19N5OS. The second-order valence-corrected chi connectivity index (χ2v) is 6.18. The summed E-state index contributed by atoms with van der Waals surface area (Å²) in [5, 5.41) is 8.75. The number of likely N-dealkylation sites (N-methyl/N-ethyl adjacent to an activating group) is 1. The molecule has 1 saturated heterocycles. The van der Waals surface area contributed by atoms with Crippen LogP contribution in [0.25, 0.3) is 4.96 Å². The lowest BCUT2D eigenvalue weighted by atomic mass is 10.2. The van der Waals surface area contributed by atoms with Gasteiger partial charge in [-0.2, -0.15) is 9.61 Å². The number of aryl methyl sites for hydroxylation is 1. The zero-order valence-electron chi connectivity index (χ0n) is 11.8. The molecule has 1 aliphatic heterocycles. The van der Waals surface area contributed by atoms with Crippen molar-refractivity contribution in [3.8, 4) is 0 Å². The van der Waals surface area contributed by atoms with Crippen LogP contribution in [0.5, 0.6) is 0 Å². The fourth-order valence-electron chi connectivity index (χ4n) is 2.65. The highest BCUT2D eigenvalue weighted by Crippen LogP contribution is 2.17. The molecule has 3 rings (SSSR count). The molecule has 2 aromatic heterocycles. The summed E-state index contributed by atoms with van der Waals surface area (Å²) in [4.78, 5) is 19.3. The Kier molecular flexibility index (Phi) is 3.82. The molecule has 1 N–H and O–H groups in total. The largest absolute Gasteiger partial charge is 0.315 e. The molecule has 7 heteroatoms. The SMILES string of the molecule is CCN(Cc1nn2c(=O)cc(C)nc2s1)C1CCNC1. The predicted molar refractivity (Wildman–Crippen MR) is 79.2 cm³/mol. The summed E-state index contributed by atoms with van der Waals surface area (Å²) >= 11 is 1.51. The van der Waals surface area contributed by atoms with Crippen molar-refractivity contribution in [1.82, 2.24) is 24.8 Å². The third-order valence-electron chi connectivity index (χ3n) is 3.71. The van der Waals surface area contributed by atoms with Crippen LogP contribution in [0.4, 0.5) is 0 Å². The maximum Gasteiger partial charge on any atom is 0.275 e. The monoisotopic (exact) mass is 293 g/mol. The summed E-state index contributed by atoms with van der Waals surface area (Å²) in [6.07, 6.45) is 1.18. The molecule has 3 heterocycles. The quantitative estimate of drug-likeness (QED) is 0.896. The Labute approximate surface area is 121 Å². The van der Waals surface area contributed by atoms with E-state index < -0.39 is 0 Å². The van der Waals surface area contributed by atoms with Crippen LogP contribution >= 0.6 is 11.3 Å². The van der Waals surface area contributed by atoms with Gasteiger partial charge in [-0.1, -0.05) is 18.3 Å². The highest BCUT2D eigenvalue weighted by Gasteiger charge is 2.22. The van der Waals surface area contributed by atoms with E-state index >= 15 is 0 Å². The minimum Gasteiger partial charge on any atom is -0.315 e. The molecule has 1 unspecified atom stereocenters. The van der Waals surface area contributed by atoms with Crippen LogP contribution < -0.4 is 10.9 Å². The van der Waals surface area contributed by atoms with Crippen molar-refractivity contribution in [1.29, 1.82) is 0 Å². The molecule has 0 amide bonds. The van der Waals surface area contributed by atoms with Crippen molar-refractivity contribution in [2.24, 2.45) is 0 Å². The molecule has 20 heavy (non-hydrogen) atoms. The average Bonchev–Trinajstić information content (AvgIpc) is 3.04. The van der Waals surface area contributed by atoms with Gasteiger partial charge in [-0.3, -0.25) is 9.69 Å². The van der Waals surface area contributed by atoms with Gasteiger partial charge in [-0.05, 0) is 26.4 Å². The van der Waals surface area contributed by atoms with Gasteiger partial charge in [0.1, 0.15) is 5.01 Å². The molecule has 1 aliphatic rings. The zero-order valence-corrected chi connectivity index (χ0v) is 12.6. The predicted octanol–water partition coefficient (Wildman–Crippen LogP) is 0.643. The molecule has 2 aromatic rings. The van der Waals surface area contributed by atoms with Gasteiger partial charge in [-0.25, -0.2) is 4.98 Å². The minimum atomic E-state index is -0.0967. The number of hydrogen-bond donors (Lipinski definition) is 1. The highest BCUT2D eigenvalue weighted by atomic mass is 32.1. The first-order chi connectivity index (χ1) is 9.67. The van der Waals surface area contributed by atoms with Crippen molar-refractivity contribution in [3.05, 3.63) is 27.1 Å². The number of aromatic nitrogens is 3. The van der Waals surface area contributed by atoms with Crippen LogP contribution in [-0.2, 0) is 6.54 Å². The van der Waals surface area contributed by atoms with Gasteiger partial charge >= 0.3 is 0 Å². The van der Waals surface area contributed by atoms with Crippen LogP contribution in [0, 0.1) is 6.92 Å². The Morgan fingerprint density at radius 3 is 3.15 bits per heavy atom. The van der Waals surface area contributed by atoms with Crippen LogP contribution in [-0.4, -0.2) is 45.2 Å². The number of hydrogen-bond acceptors (Lipinski definition) is 6. The van der Waals surface area contributed by atoms with E-state index in [2.05, 4.69) is 27.2 Å². The second-order valence-electron chi connectivity index (χ2n) is 5.14. The van der Waals surface area contributed by atoms with Crippen molar-refractivity contribution in [2.75, 3.05) is 19.6 Å². The van der Waals surface area contributed by atoms with E-state index in [1.807, 2.05) is 6.92 Å². The Bertz CT molecular complexity index is 658. The van der Waals surface area contributed by atoms with Gasteiger partial charge in [0.15, 0.2) is 0 Å². The van der Waals surface area contributed by atoms with Crippen molar-refractivity contribution < 1.29 is 0 Å². The summed E-state index contributed by atoms with van der Waals surface area (Å²) in [6.45, 7) is 7.90. The fraction of sp³-hybridized carbons (Fsp3) is 0.615. The van der Waals surface area contributed by atoms with E-state index in [1.54, 1.807) is 0 Å². The van der Waals surface area contributed by atoms with Crippen LogP contribution in [0.15, 0.2) is 10.9 Å². The molecule has 6 nitrogen and oxygen atoms in total. The van der Waals surface area contributed by atoms with E-state index in [1.165, 1.54) is 28.3 Å². The lowest BCUT2D eigenvalue weighted by Crippen LogP contribution is -2.36. The van der Waals surface area contributed by atoms with Gasteiger partial charge in [0.2, 0.25) is 4.96 Å². The fourth-order valence-corrected chi connectivity index (χ4v) is 3.62. The molecule has 1 fully saturated rings. The summed E-state index contributed by atoms with van der Waals surface area (Å²) in [5.41, 5.74) is 0.651. The summed E-state index contributed by atoms with van der Waals surface area (Å²) < 4.78 is 1.41. The summed E-state index contributed by atoms with van der Waals surface area (Å²) in [7, 11) is 0. The Morgan fingerprint density at radius 2 is 2.45 bits per heavy atom. The number of nitrogens with zero attached hydrogens (tertiary/aromatic N) is 4. The van der Waals surface area contributed by atoms with Crippen molar-refractivity contribution >= 4 is 16.3 Å². The van der Waals surface area contributed by atoms with E-state index in [0.717, 1.165) is 36.9 Å². The number of rotatable bonds is 4. The molecule has 0 aromatic carbocycles. The first kappa shape index (κ1) is 13.7. The Hall–Kier alpha value is -1.31. The van der Waals surface area contributed by atoms with Crippen molar-refractivity contribution in [3.63, 3.8) is 0 Å². The van der Waals surface area contributed by atoms with Crippen LogP contribution in [0.3, 0.4) is 0 Å². The van der Waals surface area contributed by atoms with E-state index in [9.17, 15) is 4.79 Å². The topological polar surface area (TPSA) is 62.5 Å². The van der Waals surface area contributed by atoms with E-state index in [0.29, 0.717) is 11.0 Å². The van der Waals surface area contributed by atoms with E-state index in [-0.39, 0.29) is 5.56 Å². The van der Waals surface area contributed by atoms with Gasteiger partial charge in [0.05, 0.1) is 6.54 Å². The van der Waals surface area contributed by atoms with Crippen LogP contribution in [0.2, 0.25) is 0 Å². The molecule has 0 saturated carbocycles. The molecule has 0 aliphatic carbocycles. The zero-order chi connectivity index (χ0) is 14.1. The second kappa shape index (κ2) is 5.59. The van der Waals surface area contributed by atoms with Gasteiger partial charge < -0.3 is 5.32 Å². The lowest BCUT2D eigenvalue weighted by molar-refractivity contribution is 0.209. The van der Waals surface area contributed by atoms with Gasteiger partial charge in [0.25, 0.3) is 5.56 Å². The molecule has 0 radical (unpaired) electrons. The van der Waals surface area contributed by atoms with Crippen molar-refractivity contribution in [2.45, 2.75) is 32.9 Å². The maximum absolute atomic E-state index is 11.9. The third kappa shape index (κ3) is 2.61.